The molecule has 2 nitrogen and oxygen atoms in total. The van der Waals surface area contributed by atoms with Crippen LogP contribution in [0.2, 0.25) is 0 Å². The maximum atomic E-state index is 10.2. The van der Waals surface area contributed by atoms with E-state index in [9.17, 15) is 4.79 Å². The molecule has 0 spiro atoms. The molecule has 7 heavy (non-hydrogen) atoms. The van der Waals surface area contributed by atoms with Gasteiger partial charge in [-0.05, 0) is 6.42 Å². The van der Waals surface area contributed by atoms with E-state index in [0.29, 0.717) is 6.42 Å². The van der Waals surface area contributed by atoms with Crippen LogP contribution in [0, 0.1) is 0 Å². The van der Waals surface area contributed by atoms with Gasteiger partial charge in [0.15, 0.2) is 0 Å². The zero-order chi connectivity index (χ0) is 5.70. The Bertz CT molecular complexity index is 61.1. The Balaban J connectivity index is 3.00. The van der Waals surface area contributed by atoms with E-state index in [4.69, 9.17) is 0 Å². The van der Waals surface area contributed by atoms with Crippen LogP contribution in [0.25, 0.3) is 0 Å². The summed E-state index contributed by atoms with van der Waals surface area (Å²) in [5.41, 5.74) is 0. The van der Waals surface area contributed by atoms with Crippen molar-refractivity contribution in [3.05, 3.63) is 0 Å². The first kappa shape index (κ1) is 6.47. The normalized spacial score (nSPS) is 8.29. The largest absolute Gasteiger partial charge is 0.273 e. The molecular weight excluding hydrogens is 90.1 g/mol. The number of carbonyl (C=O) groups excluding carboxylic acids is 1. The highest BCUT2D eigenvalue weighted by atomic mass is 16.1. The summed E-state index contributed by atoms with van der Waals surface area (Å²) in [6.07, 6.45) is 1.49. The molecule has 2 heteroatoms. The maximum absolute atomic E-state index is 10.2. The standard InChI is InChI=1S/C5H10NO/c1-3-4-5(7)6-2/h3-4H2,1-2H3. The molecule has 0 aromatic heterocycles. The predicted molar refractivity (Wildman–Crippen MR) is 28.0 cm³/mol. The minimum Gasteiger partial charge on any atom is -0.273 e. The lowest BCUT2D eigenvalue weighted by Gasteiger charge is -1.87. The predicted octanol–water partition coefficient (Wildman–Crippen LogP) is 0.547. The molecule has 0 N–H and O–H groups in total. The van der Waals surface area contributed by atoms with Gasteiger partial charge in [-0.15, -0.1) is 0 Å². The number of carbonyl (C=O) groups is 1. The topological polar surface area (TPSA) is 31.2 Å². The fourth-order valence-corrected chi connectivity index (χ4v) is 0.326. The molecular formula is C5H10NO. The van der Waals surface area contributed by atoms with Crippen LogP contribution in [0.15, 0.2) is 0 Å². The molecule has 0 heterocycles. The Morgan fingerprint density at radius 1 is 1.71 bits per heavy atom. The molecule has 0 fully saturated rings. The highest BCUT2D eigenvalue weighted by Crippen LogP contribution is 1.83. The van der Waals surface area contributed by atoms with E-state index in [1.807, 2.05) is 6.92 Å². The minimum absolute atomic E-state index is 0.00231. The highest BCUT2D eigenvalue weighted by Gasteiger charge is 1.92. The SMILES string of the molecule is CCCC(=O)[N]C. The Kier molecular flexibility index (Phi) is 3.38. The Morgan fingerprint density at radius 2 is 2.29 bits per heavy atom. The summed E-state index contributed by atoms with van der Waals surface area (Å²) in [5.74, 6) is 0.00231. The monoisotopic (exact) mass is 100 g/mol. The first-order chi connectivity index (χ1) is 3.31. The van der Waals surface area contributed by atoms with Crippen LogP contribution in [0.3, 0.4) is 0 Å². The van der Waals surface area contributed by atoms with Crippen molar-refractivity contribution in [2.24, 2.45) is 0 Å². The number of hydrogen-bond donors (Lipinski definition) is 0. The summed E-state index contributed by atoms with van der Waals surface area (Å²) in [6, 6.07) is 0. The third-order valence-corrected chi connectivity index (χ3v) is 0.713. The lowest BCUT2D eigenvalue weighted by atomic mass is 10.3. The summed E-state index contributed by atoms with van der Waals surface area (Å²) in [5, 5.41) is 3.44. The quantitative estimate of drug-likeness (QED) is 0.498. The molecule has 0 atom stereocenters. The summed E-state index contributed by atoms with van der Waals surface area (Å²) in [6.45, 7) is 1.96. The van der Waals surface area contributed by atoms with Crippen molar-refractivity contribution in [2.75, 3.05) is 7.05 Å². The van der Waals surface area contributed by atoms with Crippen LogP contribution in [-0.4, -0.2) is 13.0 Å². The van der Waals surface area contributed by atoms with Crippen LogP contribution in [0.1, 0.15) is 19.8 Å². The Hall–Kier alpha value is -0.530. The van der Waals surface area contributed by atoms with E-state index in [-0.39, 0.29) is 5.91 Å². The molecule has 0 bridgehead atoms. The van der Waals surface area contributed by atoms with Gasteiger partial charge in [-0.25, -0.2) is 0 Å². The second kappa shape index (κ2) is 3.65. The molecule has 1 amide bonds. The van der Waals surface area contributed by atoms with Gasteiger partial charge in [-0.1, -0.05) is 6.92 Å². The Labute approximate surface area is 43.9 Å². The van der Waals surface area contributed by atoms with E-state index in [1.54, 1.807) is 0 Å². The number of nitrogens with zero attached hydrogens (tertiary/aromatic N) is 1. The zero-order valence-corrected chi connectivity index (χ0v) is 4.77. The minimum atomic E-state index is 0.00231. The molecule has 41 valence electrons. The van der Waals surface area contributed by atoms with E-state index in [0.717, 1.165) is 6.42 Å². The highest BCUT2D eigenvalue weighted by molar-refractivity contribution is 5.75. The summed E-state index contributed by atoms with van der Waals surface area (Å²) in [7, 11) is 1.53. The van der Waals surface area contributed by atoms with Crippen molar-refractivity contribution in [1.82, 2.24) is 5.32 Å². The van der Waals surface area contributed by atoms with Gasteiger partial charge in [-0.2, -0.15) is 0 Å². The van der Waals surface area contributed by atoms with Crippen LogP contribution in [0.4, 0.5) is 0 Å². The van der Waals surface area contributed by atoms with Gasteiger partial charge >= 0.3 is 0 Å². The van der Waals surface area contributed by atoms with Crippen molar-refractivity contribution < 1.29 is 4.79 Å². The van der Waals surface area contributed by atoms with Gasteiger partial charge in [0.25, 0.3) is 0 Å². The van der Waals surface area contributed by atoms with Gasteiger partial charge in [0.2, 0.25) is 5.91 Å². The van der Waals surface area contributed by atoms with Crippen LogP contribution in [0.5, 0.6) is 0 Å². The summed E-state index contributed by atoms with van der Waals surface area (Å²) >= 11 is 0. The molecule has 0 saturated carbocycles. The first-order valence-electron chi connectivity index (χ1n) is 2.44. The summed E-state index contributed by atoms with van der Waals surface area (Å²) in [4.78, 5) is 10.2. The van der Waals surface area contributed by atoms with Gasteiger partial charge < -0.3 is 0 Å². The van der Waals surface area contributed by atoms with E-state index < -0.39 is 0 Å². The number of hydrogen-bond acceptors (Lipinski definition) is 1. The molecule has 0 aliphatic rings. The van der Waals surface area contributed by atoms with Gasteiger partial charge in [0.1, 0.15) is 0 Å². The van der Waals surface area contributed by atoms with Crippen molar-refractivity contribution in [2.45, 2.75) is 19.8 Å². The maximum Gasteiger partial charge on any atom is 0.240 e. The molecule has 0 unspecified atom stereocenters. The average molecular weight is 100 g/mol. The lowest BCUT2D eigenvalue weighted by Crippen LogP contribution is -2.08. The first-order valence-corrected chi connectivity index (χ1v) is 2.44. The fourth-order valence-electron chi connectivity index (χ4n) is 0.326. The fraction of sp³-hybridized carbons (Fsp3) is 0.800. The van der Waals surface area contributed by atoms with Crippen LogP contribution in [-0.2, 0) is 4.79 Å². The number of amides is 1. The molecule has 0 aromatic rings. The van der Waals surface area contributed by atoms with Gasteiger partial charge in [0.05, 0.1) is 0 Å². The average Bonchev–Trinajstić information content (AvgIpc) is 1.68. The van der Waals surface area contributed by atoms with Crippen molar-refractivity contribution in [1.29, 1.82) is 0 Å². The molecule has 0 aliphatic heterocycles. The van der Waals surface area contributed by atoms with E-state index >= 15 is 0 Å². The molecule has 0 aromatic carbocycles. The third kappa shape index (κ3) is 3.30. The Morgan fingerprint density at radius 3 is 2.43 bits per heavy atom. The molecule has 0 saturated heterocycles. The van der Waals surface area contributed by atoms with Crippen LogP contribution < -0.4 is 5.32 Å². The van der Waals surface area contributed by atoms with Crippen molar-refractivity contribution in [3.63, 3.8) is 0 Å². The van der Waals surface area contributed by atoms with Crippen molar-refractivity contribution in [3.8, 4) is 0 Å². The molecule has 0 rings (SSSR count). The van der Waals surface area contributed by atoms with Crippen molar-refractivity contribution >= 4 is 5.91 Å². The summed E-state index contributed by atoms with van der Waals surface area (Å²) < 4.78 is 0. The molecule has 0 aliphatic carbocycles. The smallest absolute Gasteiger partial charge is 0.240 e. The van der Waals surface area contributed by atoms with Crippen LogP contribution >= 0.6 is 0 Å². The van der Waals surface area contributed by atoms with Gasteiger partial charge in [-0.3, -0.25) is 10.1 Å². The second-order valence-corrected chi connectivity index (χ2v) is 1.37. The third-order valence-electron chi connectivity index (χ3n) is 0.713. The lowest BCUT2D eigenvalue weighted by molar-refractivity contribution is -0.120. The second-order valence-electron chi connectivity index (χ2n) is 1.37. The van der Waals surface area contributed by atoms with E-state index in [2.05, 4.69) is 5.32 Å². The van der Waals surface area contributed by atoms with E-state index in [1.165, 1.54) is 7.05 Å². The van der Waals surface area contributed by atoms with Gasteiger partial charge in [0, 0.05) is 13.5 Å². The zero-order valence-electron chi connectivity index (χ0n) is 4.77. The molecule has 1 radical (unpaired) electrons. The number of rotatable bonds is 2.